The Morgan fingerprint density at radius 1 is 1.00 bits per heavy atom. The van der Waals surface area contributed by atoms with Gasteiger partial charge in [-0.25, -0.2) is 5.10 Å². The molecule has 1 heterocycles. The normalized spacial score (nSPS) is 11.4. The molecule has 0 aliphatic carbocycles. The summed E-state index contributed by atoms with van der Waals surface area (Å²) in [5, 5.41) is 14.0. The van der Waals surface area contributed by atoms with Crippen LogP contribution in [0.25, 0.3) is 22.2 Å². The molecule has 4 nitrogen and oxygen atoms in total. The molecule has 0 bridgehead atoms. The lowest BCUT2D eigenvalue weighted by Crippen LogP contribution is -1.96. The number of halogens is 1. The summed E-state index contributed by atoms with van der Waals surface area (Å²) in [6, 6.07) is 22.2. The van der Waals surface area contributed by atoms with Crippen LogP contribution in [0.3, 0.4) is 0 Å². The molecule has 0 unspecified atom stereocenters. The molecule has 0 fully saturated rings. The molecule has 122 valence electrons. The maximum Gasteiger partial charge on any atom is 0.216 e. The quantitative estimate of drug-likeness (QED) is 0.364. The average Bonchev–Trinajstić information content (AvgIpc) is 3.01. The van der Waals surface area contributed by atoms with Crippen LogP contribution < -0.4 is 0 Å². The van der Waals surface area contributed by atoms with E-state index < -0.39 is 0 Å². The minimum Gasteiger partial charge on any atom is -0.250 e. The number of nitrogens with zero attached hydrogens (tertiary/aromatic N) is 3. The third-order valence-electron chi connectivity index (χ3n) is 3.90. The predicted octanol–water partition coefficient (Wildman–Crippen LogP) is 5.41. The second-order valence-electron chi connectivity index (χ2n) is 5.46. The maximum absolute atomic E-state index is 5.34. The molecule has 0 spiro atoms. The largest absolute Gasteiger partial charge is 0.250 e. The highest BCUT2D eigenvalue weighted by Gasteiger charge is 2.11. The summed E-state index contributed by atoms with van der Waals surface area (Å²) in [7, 11) is 0. The molecule has 4 aromatic rings. The van der Waals surface area contributed by atoms with E-state index in [1.807, 2.05) is 54.7 Å². The van der Waals surface area contributed by atoms with Crippen molar-refractivity contribution in [2.24, 2.45) is 5.10 Å². The predicted molar refractivity (Wildman–Crippen MR) is 107 cm³/mol. The van der Waals surface area contributed by atoms with E-state index in [0.29, 0.717) is 10.6 Å². The SMILES string of the molecule is S=c1[nH]nc(-c2ccccc2Br)n1N=Cc1cccc2ccccc12. The highest BCUT2D eigenvalue weighted by atomic mass is 79.9. The summed E-state index contributed by atoms with van der Waals surface area (Å²) in [4.78, 5) is 0. The summed E-state index contributed by atoms with van der Waals surface area (Å²) in [5.41, 5.74) is 1.95. The van der Waals surface area contributed by atoms with E-state index in [-0.39, 0.29) is 0 Å². The number of benzene rings is 3. The smallest absolute Gasteiger partial charge is 0.216 e. The van der Waals surface area contributed by atoms with E-state index in [1.54, 1.807) is 4.68 Å². The Morgan fingerprint density at radius 2 is 1.76 bits per heavy atom. The fraction of sp³-hybridized carbons (Fsp3) is 0. The van der Waals surface area contributed by atoms with E-state index in [2.05, 4.69) is 49.4 Å². The first kappa shape index (κ1) is 15.9. The number of aromatic amines is 1. The average molecular weight is 409 g/mol. The van der Waals surface area contributed by atoms with E-state index in [1.165, 1.54) is 5.39 Å². The van der Waals surface area contributed by atoms with Crippen LogP contribution in [0.2, 0.25) is 0 Å². The van der Waals surface area contributed by atoms with Gasteiger partial charge in [0.2, 0.25) is 4.77 Å². The van der Waals surface area contributed by atoms with Gasteiger partial charge in [0.15, 0.2) is 5.82 Å². The van der Waals surface area contributed by atoms with Gasteiger partial charge in [0, 0.05) is 15.6 Å². The number of H-pyrrole nitrogens is 1. The lowest BCUT2D eigenvalue weighted by Gasteiger charge is -2.04. The van der Waals surface area contributed by atoms with Crippen molar-refractivity contribution in [3.8, 4) is 11.4 Å². The zero-order valence-electron chi connectivity index (χ0n) is 13.1. The van der Waals surface area contributed by atoms with Gasteiger partial charge in [0.1, 0.15) is 0 Å². The fourth-order valence-corrected chi connectivity index (χ4v) is 3.34. The zero-order chi connectivity index (χ0) is 17.2. The molecule has 3 aromatic carbocycles. The van der Waals surface area contributed by atoms with Gasteiger partial charge >= 0.3 is 0 Å². The standard InChI is InChI=1S/C19H13BrN4S/c20-17-11-4-3-10-16(17)18-22-23-19(25)24(18)21-12-14-8-5-7-13-6-1-2-9-15(13)14/h1-12H,(H,23,25). The van der Waals surface area contributed by atoms with Crippen LogP contribution in [0.4, 0.5) is 0 Å². The number of nitrogens with one attached hydrogen (secondary N) is 1. The molecular weight excluding hydrogens is 396 g/mol. The van der Waals surface area contributed by atoms with Crippen molar-refractivity contribution in [3.63, 3.8) is 0 Å². The Morgan fingerprint density at radius 3 is 2.64 bits per heavy atom. The molecule has 0 amide bonds. The molecule has 0 aliphatic rings. The first-order chi connectivity index (χ1) is 12.2. The highest BCUT2D eigenvalue weighted by molar-refractivity contribution is 9.10. The van der Waals surface area contributed by atoms with Crippen LogP contribution in [0.1, 0.15) is 5.56 Å². The maximum atomic E-state index is 5.34. The Kier molecular flexibility index (Phi) is 4.29. The number of hydrogen-bond donors (Lipinski definition) is 1. The summed E-state index contributed by atoms with van der Waals surface area (Å²) in [6.07, 6.45) is 1.81. The molecule has 1 N–H and O–H groups in total. The Hall–Kier alpha value is -2.57. The zero-order valence-corrected chi connectivity index (χ0v) is 15.5. The van der Waals surface area contributed by atoms with Crippen LogP contribution >= 0.6 is 28.1 Å². The van der Waals surface area contributed by atoms with Crippen LogP contribution in [0.15, 0.2) is 76.3 Å². The van der Waals surface area contributed by atoms with Gasteiger partial charge in [-0.3, -0.25) is 0 Å². The first-order valence-corrected chi connectivity index (χ1v) is 8.88. The molecule has 1 aromatic heterocycles. The molecule has 0 aliphatic heterocycles. The van der Waals surface area contributed by atoms with Crippen molar-refractivity contribution in [1.82, 2.24) is 14.9 Å². The molecule has 6 heteroatoms. The van der Waals surface area contributed by atoms with E-state index in [4.69, 9.17) is 12.2 Å². The van der Waals surface area contributed by atoms with Gasteiger partial charge in [0.05, 0.1) is 6.21 Å². The number of fused-ring (bicyclic) bond motifs is 1. The monoisotopic (exact) mass is 408 g/mol. The van der Waals surface area contributed by atoms with Crippen molar-refractivity contribution < 1.29 is 0 Å². The third-order valence-corrected chi connectivity index (χ3v) is 4.86. The van der Waals surface area contributed by atoms with Gasteiger partial charge in [-0.1, -0.05) is 70.5 Å². The second-order valence-corrected chi connectivity index (χ2v) is 6.70. The highest BCUT2D eigenvalue weighted by Crippen LogP contribution is 2.26. The second kappa shape index (κ2) is 6.74. The van der Waals surface area contributed by atoms with Gasteiger partial charge in [-0.2, -0.15) is 14.9 Å². The molecule has 0 saturated carbocycles. The molecule has 0 radical (unpaired) electrons. The molecule has 25 heavy (non-hydrogen) atoms. The van der Waals surface area contributed by atoms with Gasteiger partial charge in [-0.15, -0.1) is 0 Å². The number of rotatable bonds is 3. The molecular formula is C19H13BrN4S. The number of hydrogen-bond acceptors (Lipinski definition) is 3. The van der Waals surface area contributed by atoms with Crippen LogP contribution in [0.5, 0.6) is 0 Å². The lowest BCUT2D eigenvalue weighted by molar-refractivity contribution is 0.871. The minimum absolute atomic E-state index is 0.447. The third kappa shape index (κ3) is 3.06. The Labute approximate surface area is 158 Å². The van der Waals surface area contributed by atoms with Gasteiger partial charge in [-0.05, 0) is 35.1 Å². The fourth-order valence-electron chi connectivity index (χ4n) is 2.70. The van der Waals surface area contributed by atoms with Crippen molar-refractivity contribution in [3.05, 3.63) is 81.5 Å². The Bertz CT molecular complexity index is 1140. The summed E-state index contributed by atoms with van der Waals surface area (Å²) in [6.45, 7) is 0. The summed E-state index contributed by atoms with van der Waals surface area (Å²) >= 11 is 8.90. The molecule has 4 rings (SSSR count). The van der Waals surface area contributed by atoms with Crippen LogP contribution in [-0.4, -0.2) is 21.1 Å². The number of aromatic nitrogens is 3. The van der Waals surface area contributed by atoms with Gasteiger partial charge < -0.3 is 0 Å². The van der Waals surface area contributed by atoms with E-state index >= 15 is 0 Å². The van der Waals surface area contributed by atoms with E-state index in [0.717, 1.165) is 21.0 Å². The van der Waals surface area contributed by atoms with Crippen molar-refractivity contribution in [1.29, 1.82) is 0 Å². The van der Waals surface area contributed by atoms with Crippen molar-refractivity contribution in [2.45, 2.75) is 0 Å². The molecule has 0 atom stereocenters. The minimum atomic E-state index is 0.447. The Balaban J connectivity index is 1.82. The van der Waals surface area contributed by atoms with Gasteiger partial charge in [0.25, 0.3) is 0 Å². The summed E-state index contributed by atoms with van der Waals surface area (Å²) in [5.74, 6) is 0.661. The first-order valence-electron chi connectivity index (χ1n) is 7.68. The molecule has 0 saturated heterocycles. The van der Waals surface area contributed by atoms with Crippen molar-refractivity contribution >= 4 is 45.1 Å². The van der Waals surface area contributed by atoms with Crippen molar-refractivity contribution in [2.75, 3.05) is 0 Å². The van der Waals surface area contributed by atoms with Crippen LogP contribution in [-0.2, 0) is 0 Å². The van der Waals surface area contributed by atoms with E-state index in [9.17, 15) is 0 Å². The lowest BCUT2D eigenvalue weighted by atomic mass is 10.1. The topological polar surface area (TPSA) is 46.0 Å². The summed E-state index contributed by atoms with van der Waals surface area (Å²) < 4.78 is 3.02. The van der Waals surface area contributed by atoms with Crippen LogP contribution in [0, 0.1) is 4.77 Å².